The number of benzene rings is 10. The Kier molecular flexibility index (Phi) is 8.17. The number of hydrogen-bond donors (Lipinski definition) is 0. The summed E-state index contributed by atoms with van der Waals surface area (Å²) in [5.41, 5.74) is 15.6. The maximum absolute atomic E-state index is 6.64. The summed E-state index contributed by atoms with van der Waals surface area (Å²) < 4.78 is 9.01. The van der Waals surface area contributed by atoms with Gasteiger partial charge < -0.3 is 13.9 Å². The first kappa shape index (κ1) is 34.9. The lowest BCUT2D eigenvalue weighted by molar-refractivity contribution is 0.669. The maximum atomic E-state index is 6.64. The van der Waals surface area contributed by atoms with Gasteiger partial charge in [-0.2, -0.15) is 0 Å². The van der Waals surface area contributed by atoms with Crippen LogP contribution in [0.1, 0.15) is 0 Å². The molecule has 61 heavy (non-hydrogen) atoms. The summed E-state index contributed by atoms with van der Waals surface area (Å²) in [6.07, 6.45) is 0. The minimum Gasteiger partial charge on any atom is -0.456 e. The molecular formula is C58H38N2O. The number of rotatable bonds is 7. The van der Waals surface area contributed by atoms with Gasteiger partial charge in [0, 0.05) is 44.3 Å². The first-order valence-electron chi connectivity index (χ1n) is 20.8. The molecule has 0 unspecified atom stereocenters. The van der Waals surface area contributed by atoms with Crippen LogP contribution in [-0.2, 0) is 0 Å². The van der Waals surface area contributed by atoms with Crippen molar-refractivity contribution in [1.82, 2.24) is 4.57 Å². The number of furan rings is 1. The number of anilines is 3. The second kappa shape index (κ2) is 14.3. The van der Waals surface area contributed by atoms with Gasteiger partial charge in [0.15, 0.2) is 0 Å². The van der Waals surface area contributed by atoms with Crippen LogP contribution < -0.4 is 4.90 Å². The second-order valence-electron chi connectivity index (χ2n) is 15.7. The van der Waals surface area contributed by atoms with Crippen molar-refractivity contribution < 1.29 is 4.42 Å². The van der Waals surface area contributed by atoms with Crippen LogP contribution in [0.2, 0.25) is 0 Å². The zero-order chi connectivity index (χ0) is 40.3. The van der Waals surface area contributed by atoms with Gasteiger partial charge in [-0.3, -0.25) is 0 Å². The van der Waals surface area contributed by atoms with Crippen LogP contribution in [0.15, 0.2) is 235 Å². The molecule has 12 rings (SSSR count). The fourth-order valence-electron chi connectivity index (χ4n) is 9.34. The van der Waals surface area contributed by atoms with E-state index in [9.17, 15) is 0 Å². The molecule has 0 bridgehead atoms. The molecule has 10 aromatic carbocycles. The average molecular weight is 779 g/mol. The van der Waals surface area contributed by atoms with Gasteiger partial charge in [-0.15, -0.1) is 0 Å². The molecule has 2 heterocycles. The van der Waals surface area contributed by atoms with Crippen LogP contribution in [0.4, 0.5) is 17.1 Å². The van der Waals surface area contributed by atoms with E-state index in [0.717, 1.165) is 66.9 Å². The van der Waals surface area contributed by atoms with E-state index in [0.29, 0.717) is 0 Å². The van der Waals surface area contributed by atoms with Gasteiger partial charge in [-0.05, 0) is 129 Å². The zero-order valence-corrected chi connectivity index (χ0v) is 33.2. The molecule has 12 aromatic rings. The van der Waals surface area contributed by atoms with Crippen LogP contribution in [0.25, 0.3) is 93.6 Å². The Morgan fingerprint density at radius 2 is 0.885 bits per heavy atom. The highest BCUT2D eigenvalue weighted by molar-refractivity contribution is 6.23. The van der Waals surface area contributed by atoms with E-state index in [1.165, 1.54) is 43.7 Å². The fourth-order valence-corrected chi connectivity index (χ4v) is 9.34. The summed E-state index contributed by atoms with van der Waals surface area (Å²) in [5, 5.41) is 7.09. The molecular weight excluding hydrogens is 741 g/mol. The normalized spacial score (nSPS) is 11.6. The molecule has 0 atom stereocenters. The van der Waals surface area contributed by atoms with E-state index in [1.54, 1.807) is 0 Å². The Morgan fingerprint density at radius 3 is 1.70 bits per heavy atom. The van der Waals surface area contributed by atoms with Gasteiger partial charge in [0.25, 0.3) is 0 Å². The first-order valence-corrected chi connectivity index (χ1v) is 20.8. The molecule has 0 spiro atoms. The monoisotopic (exact) mass is 778 g/mol. The van der Waals surface area contributed by atoms with Crippen LogP contribution >= 0.6 is 0 Å². The molecule has 3 heteroatoms. The van der Waals surface area contributed by atoms with Gasteiger partial charge in [-0.1, -0.05) is 146 Å². The molecule has 0 saturated carbocycles. The Morgan fingerprint density at radius 1 is 0.311 bits per heavy atom. The summed E-state index contributed by atoms with van der Waals surface area (Å²) in [5.74, 6) is 0. The van der Waals surface area contributed by atoms with Crippen molar-refractivity contribution in [3.63, 3.8) is 0 Å². The van der Waals surface area contributed by atoms with Crippen molar-refractivity contribution in [3.8, 4) is 39.1 Å². The molecule has 0 aliphatic rings. The minimum atomic E-state index is 0.888. The quantitative estimate of drug-likeness (QED) is 0.161. The lowest BCUT2D eigenvalue weighted by Crippen LogP contribution is -2.09. The standard InChI is InChI=1S/C58H38N2O/c1-4-15-39(16-5-1)41-17-14-22-47(35-41)59(44-18-6-2-7-19-44)46-31-27-40(28-32-46)42-29-33-48-51(38-57-58(53(48)36-42)50-24-11-13-26-56(50)61-57)43-30-34-55-52(37-43)49-23-10-12-25-54(49)60(55)45-20-8-3-9-21-45/h1-38H. The molecule has 0 N–H and O–H groups in total. The molecule has 0 radical (unpaired) electrons. The van der Waals surface area contributed by atoms with Gasteiger partial charge >= 0.3 is 0 Å². The molecule has 3 nitrogen and oxygen atoms in total. The number of para-hydroxylation sites is 4. The molecule has 0 amide bonds. The number of nitrogens with zero attached hydrogens (tertiary/aromatic N) is 2. The Bertz CT molecular complexity index is 3570. The van der Waals surface area contributed by atoms with Crippen LogP contribution in [0, 0.1) is 0 Å². The minimum absolute atomic E-state index is 0.888. The second-order valence-corrected chi connectivity index (χ2v) is 15.7. The van der Waals surface area contributed by atoms with Crippen molar-refractivity contribution in [2.45, 2.75) is 0 Å². The van der Waals surface area contributed by atoms with Crippen molar-refractivity contribution in [1.29, 1.82) is 0 Å². The van der Waals surface area contributed by atoms with Gasteiger partial charge in [0.1, 0.15) is 11.2 Å². The maximum Gasteiger partial charge on any atom is 0.136 e. The number of hydrogen-bond acceptors (Lipinski definition) is 2. The highest BCUT2D eigenvalue weighted by atomic mass is 16.3. The largest absolute Gasteiger partial charge is 0.456 e. The first-order chi connectivity index (χ1) is 30.2. The highest BCUT2D eigenvalue weighted by Crippen LogP contribution is 2.44. The summed E-state index contributed by atoms with van der Waals surface area (Å²) >= 11 is 0. The summed E-state index contributed by atoms with van der Waals surface area (Å²) in [6.45, 7) is 0. The van der Waals surface area contributed by atoms with E-state index < -0.39 is 0 Å². The van der Waals surface area contributed by atoms with Crippen molar-refractivity contribution in [2.75, 3.05) is 4.90 Å². The van der Waals surface area contributed by atoms with E-state index >= 15 is 0 Å². The lowest BCUT2D eigenvalue weighted by Gasteiger charge is -2.26. The molecule has 0 saturated heterocycles. The van der Waals surface area contributed by atoms with Crippen LogP contribution in [0.3, 0.4) is 0 Å². The summed E-state index contributed by atoms with van der Waals surface area (Å²) in [6, 6.07) is 82.8. The Balaban J connectivity index is 0.995. The van der Waals surface area contributed by atoms with Gasteiger partial charge in [0.2, 0.25) is 0 Å². The lowest BCUT2D eigenvalue weighted by atomic mass is 9.91. The number of fused-ring (bicyclic) bond motifs is 8. The number of aromatic nitrogens is 1. The van der Waals surface area contributed by atoms with Crippen LogP contribution in [-0.4, -0.2) is 4.57 Å². The van der Waals surface area contributed by atoms with E-state index in [2.05, 4.69) is 234 Å². The Labute approximate surface area is 353 Å². The van der Waals surface area contributed by atoms with Crippen molar-refractivity contribution >= 4 is 71.6 Å². The molecule has 286 valence electrons. The van der Waals surface area contributed by atoms with Gasteiger partial charge in [-0.25, -0.2) is 0 Å². The van der Waals surface area contributed by atoms with Crippen molar-refractivity contribution in [2.24, 2.45) is 0 Å². The van der Waals surface area contributed by atoms with Crippen molar-refractivity contribution in [3.05, 3.63) is 231 Å². The molecule has 0 aliphatic carbocycles. The van der Waals surface area contributed by atoms with E-state index in [-0.39, 0.29) is 0 Å². The summed E-state index contributed by atoms with van der Waals surface area (Å²) in [7, 11) is 0. The summed E-state index contributed by atoms with van der Waals surface area (Å²) in [4.78, 5) is 2.33. The predicted molar refractivity (Wildman–Crippen MR) is 257 cm³/mol. The smallest absolute Gasteiger partial charge is 0.136 e. The third-order valence-electron chi connectivity index (χ3n) is 12.2. The van der Waals surface area contributed by atoms with E-state index in [1.807, 2.05) is 6.07 Å². The molecule has 2 aromatic heterocycles. The fraction of sp³-hybridized carbons (Fsp3) is 0. The third kappa shape index (κ3) is 5.90. The SMILES string of the molecule is c1ccc(-c2cccc(N(c3ccccc3)c3ccc(-c4ccc5c(-c6ccc7c(c6)c6ccccc6n7-c6ccccc6)cc6oc7ccccc7c6c5c4)cc3)c2)cc1. The molecule has 0 aliphatic heterocycles. The van der Waals surface area contributed by atoms with Gasteiger partial charge in [0.05, 0.1) is 11.0 Å². The highest BCUT2D eigenvalue weighted by Gasteiger charge is 2.19. The predicted octanol–water partition coefficient (Wildman–Crippen LogP) is 16.3. The van der Waals surface area contributed by atoms with E-state index in [4.69, 9.17) is 4.42 Å². The molecule has 0 fully saturated rings. The van der Waals surface area contributed by atoms with Crippen LogP contribution in [0.5, 0.6) is 0 Å². The zero-order valence-electron chi connectivity index (χ0n) is 33.2. The topological polar surface area (TPSA) is 21.3 Å². The Hall–Kier alpha value is -8.14. The third-order valence-corrected chi connectivity index (χ3v) is 12.2. The average Bonchev–Trinajstić information content (AvgIpc) is 3.88.